The van der Waals surface area contributed by atoms with Crippen LogP contribution in [0.1, 0.15) is 17.7 Å². The Labute approximate surface area is 105 Å². The van der Waals surface area contributed by atoms with E-state index in [2.05, 4.69) is 15.9 Å². The summed E-state index contributed by atoms with van der Waals surface area (Å²) >= 11 is 4.89. The molecule has 1 saturated heterocycles. The maximum Gasteiger partial charge on any atom is 0.326 e. The summed E-state index contributed by atoms with van der Waals surface area (Å²) in [6, 6.07) is 1.23. The van der Waals surface area contributed by atoms with Crippen LogP contribution in [0.3, 0.4) is 0 Å². The van der Waals surface area contributed by atoms with Crippen molar-refractivity contribution >= 4 is 39.1 Å². The van der Waals surface area contributed by atoms with E-state index in [0.29, 0.717) is 19.4 Å². The summed E-state index contributed by atoms with van der Waals surface area (Å²) in [5, 5.41) is 10.9. The molecule has 86 valence electrons. The van der Waals surface area contributed by atoms with E-state index in [-0.39, 0.29) is 5.91 Å². The summed E-state index contributed by atoms with van der Waals surface area (Å²) in [7, 11) is 0. The first-order chi connectivity index (χ1) is 7.59. The Morgan fingerprint density at radius 3 is 3.00 bits per heavy atom. The molecule has 0 radical (unpaired) electrons. The highest BCUT2D eigenvalue weighted by atomic mass is 79.9. The second-order valence-electron chi connectivity index (χ2n) is 3.61. The van der Waals surface area contributed by atoms with Crippen LogP contribution < -0.4 is 0 Å². The molecule has 0 bridgehead atoms. The van der Waals surface area contributed by atoms with Crippen molar-refractivity contribution in [2.24, 2.45) is 0 Å². The summed E-state index contributed by atoms with van der Waals surface area (Å²) in [5.41, 5.74) is 0. The molecule has 16 heavy (non-hydrogen) atoms. The summed E-state index contributed by atoms with van der Waals surface area (Å²) in [5.74, 6) is -0.994. The summed E-state index contributed by atoms with van der Waals surface area (Å²) < 4.78 is 0.932. The normalized spacial score (nSPS) is 20.4. The van der Waals surface area contributed by atoms with Gasteiger partial charge in [0.05, 0.1) is 6.54 Å². The van der Waals surface area contributed by atoms with Crippen LogP contribution in [-0.4, -0.2) is 27.9 Å². The van der Waals surface area contributed by atoms with Gasteiger partial charge >= 0.3 is 5.97 Å². The minimum absolute atomic E-state index is 0.0762. The van der Waals surface area contributed by atoms with E-state index >= 15 is 0 Å². The Hall–Kier alpha value is -0.880. The van der Waals surface area contributed by atoms with Gasteiger partial charge in [0.25, 0.3) is 0 Å². The van der Waals surface area contributed by atoms with E-state index in [1.807, 2.05) is 11.4 Å². The molecule has 1 aromatic rings. The van der Waals surface area contributed by atoms with Crippen molar-refractivity contribution in [3.63, 3.8) is 0 Å². The van der Waals surface area contributed by atoms with Crippen LogP contribution >= 0.6 is 27.3 Å². The van der Waals surface area contributed by atoms with E-state index in [4.69, 9.17) is 5.11 Å². The number of halogens is 1. The fourth-order valence-corrected chi connectivity index (χ4v) is 3.26. The Balaban J connectivity index is 2.16. The Morgan fingerprint density at radius 2 is 2.44 bits per heavy atom. The van der Waals surface area contributed by atoms with Crippen molar-refractivity contribution in [1.29, 1.82) is 0 Å². The van der Waals surface area contributed by atoms with Crippen LogP contribution in [-0.2, 0) is 16.1 Å². The molecule has 1 aromatic heterocycles. The van der Waals surface area contributed by atoms with Gasteiger partial charge in [0.15, 0.2) is 0 Å². The maximum absolute atomic E-state index is 11.6. The number of nitrogens with zero attached hydrogens (tertiary/aromatic N) is 1. The second-order valence-corrected chi connectivity index (χ2v) is 5.46. The average molecular weight is 304 g/mol. The standard InChI is InChI=1S/C10H10BrNO3S/c11-6-3-4-16-8(6)5-12-7(10(14)15)1-2-9(12)13/h3-4,7H,1-2,5H2,(H,14,15). The van der Waals surface area contributed by atoms with Gasteiger partial charge < -0.3 is 10.0 Å². The number of rotatable bonds is 3. The summed E-state index contributed by atoms with van der Waals surface area (Å²) in [6.07, 6.45) is 0.747. The van der Waals surface area contributed by atoms with Gasteiger partial charge in [0, 0.05) is 15.8 Å². The van der Waals surface area contributed by atoms with E-state index in [0.717, 1.165) is 9.35 Å². The third-order valence-corrected chi connectivity index (χ3v) is 4.53. The molecule has 2 rings (SSSR count). The number of hydrogen-bond acceptors (Lipinski definition) is 3. The molecular formula is C10H10BrNO3S. The quantitative estimate of drug-likeness (QED) is 0.930. The molecule has 1 amide bonds. The van der Waals surface area contributed by atoms with Gasteiger partial charge in [-0.3, -0.25) is 4.79 Å². The molecule has 1 fully saturated rings. The molecule has 1 aliphatic rings. The number of carbonyl (C=O) groups is 2. The first kappa shape index (κ1) is 11.6. The molecule has 1 N–H and O–H groups in total. The van der Waals surface area contributed by atoms with Crippen molar-refractivity contribution in [2.75, 3.05) is 0 Å². The highest BCUT2D eigenvalue weighted by molar-refractivity contribution is 9.10. The van der Waals surface area contributed by atoms with Crippen molar-refractivity contribution < 1.29 is 14.7 Å². The van der Waals surface area contributed by atoms with Gasteiger partial charge in [-0.2, -0.15) is 0 Å². The van der Waals surface area contributed by atoms with Crippen LogP contribution in [0.4, 0.5) is 0 Å². The van der Waals surface area contributed by atoms with Gasteiger partial charge in [0.1, 0.15) is 6.04 Å². The van der Waals surface area contributed by atoms with Crippen LogP contribution in [0.2, 0.25) is 0 Å². The minimum atomic E-state index is -0.918. The zero-order valence-electron chi connectivity index (χ0n) is 8.35. The van der Waals surface area contributed by atoms with Gasteiger partial charge in [-0.05, 0) is 33.8 Å². The number of hydrogen-bond donors (Lipinski definition) is 1. The highest BCUT2D eigenvalue weighted by Crippen LogP contribution is 2.28. The molecule has 1 atom stereocenters. The van der Waals surface area contributed by atoms with Gasteiger partial charge in [-0.15, -0.1) is 11.3 Å². The lowest BCUT2D eigenvalue weighted by molar-refractivity contribution is -0.146. The Bertz CT molecular complexity index is 431. The minimum Gasteiger partial charge on any atom is -0.480 e. The maximum atomic E-state index is 11.6. The van der Waals surface area contributed by atoms with Crippen LogP contribution in [0.5, 0.6) is 0 Å². The number of carboxylic acids is 1. The predicted molar refractivity (Wildman–Crippen MR) is 63.2 cm³/mol. The molecule has 1 unspecified atom stereocenters. The number of carbonyl (C=O) groups excluding carboxylic acids is 1. The SMILES string of the molecule is O=C(O)C1CCC(=O)N1Cc1sccc1Br. The van der Waals surface area contributed by atoms with Gasteiger partial charge in [0.2, 0.25) is 5.91 Å². The topological polar surface area (TPSA) is 57.6 Å². The monoisotopic (exact) mass is 303 g/mol. The fourth-order valence-electron chi connectivity index (χ4n) is 1.78. The smallest absolute Gasteiger partial charge is 0.326 e. The third-order valence-electron chi connectivity index (χ3n) is 2.62. The van der Waals surface area contributed by atoms with Crippen LogP contribution in [0.15, 0.2) is 15.9 Å². The van der Waals surface area contributed by atoms with Crippen molar-refractivity contribution in [2.45, 2.75) is 25.4 Å². The molecular weight excluding hydrogens is 294 g/mol. The highest BCUT2D eigenvalue weighted by Gasteiger charge is 2.36. The van der Waals surface area contributed by atoms with Crippen molar-refractivity contribution in [1.82, 2.24) is 4.90 Å². The Morgan fingerprint density at radius 1 is 1.69 bits per heavy atom. The average Bonchev–Trinajstić information content (AvgIpc) is 2.76. The number of likely N-dealkylation sites (tertiary alicyclic amines) is 1. The molecule has 6 heteroatoms. The molecule has 0 aliphatic carbocycles. The van der Waals surface area contributed by atoms with Crippen molar-refractivity contribution in [3.8, 4) is 0 Å². The summed E-state index contributed by atoms with van der Waals surface area (Å²) in [6.45, 7) is 0.383. The zero-order valence-corrected chi connectivity index (χ0v) is 10.8. The second kappa shape index (κ2) is 4.55. The van der Waals surface area contributed by atoms with Crippen LogP contribution in [0, 0.1) is 0 Å². The first-order valence-corrected chi connectivity index (χ1v) is 6.51. The number of amides is 1. The predicted octanol–water partition coefficient (Wildman–Crippen LogP) is 2.09. The van der Waals surface area contributed by atoms with Crippen molar-refractivity contribution in [3.05, 3.63) is 20.8 Å². The molecule has 0 saturated carbocycles. The molecule has 4 nitrogen and oxygen atoms in total. The van der Waals surface area contributed by atoms with Gasteiger partial charge in [-0.25, -0.2) is 4.79 Å². The number of thiophene rings is 1. The van der Waals surface area contributed by atoms with Gasteiger partial charge in [-0.1, -0.05) is 0 Å². The fraction of sp³-hybridized carbons (Fsp3) is 0.400. The lowest BCUT2D eigenvalue weighted by Gasteiger charge is -2.20. The molecule has 1 aliphatic heterocycles. The molecule has 0 aromatic carbocycles. The van der Waals surface area contributed by atoms with E-state index in [1.165, 1.54) is 16.2 Å². The zero-order chi connectivity index (χ0) is 11.7. The van der Waals surface area contributed by atoms with E-state index < -0.39 is 12.0 Å². The first-order valence-electron chi connectivity index (χ1n) is 4.83. The number of aliphatic carboxylic acids is 1. The molecule has 0 spiro atoms. The number of carboxylic acid groups (broad SMARTS) is 1. The lowest BCUT2D eigenvalue weighted by atomic mass is 10.2. The summed E-state index contributed by atoms with van der Waals surface area (Å²) in [4.78, 5) is 25.0. The van der Waals surface area contributed by atoms with E-state index in [1.54, 1.807) is 0 Å². The lowest BCUT2D eigenvalue weighted by Crippen LogP contribution is -2.37. The van der Waals surface area contributed by atoms with E-state index in [9.17, 15) is 9.59 Å². The van der Waals surface area contributed by atoms with Crippen LogP contribution in [0.25, 0.3) is 0 Å². The third kappa shape index (κ3) is 2.12. The molecule has 2 heterocycles. The largest absolute Gasteiger partial charge is 0.480 e. The Kier molecular flexibility index (Phi) is 3.30.